The van der Waals surface area contributed by atoms with E-state index in [2.05, 4.69) is 16.6 Å². The predicted octanol–water partition coefficient (Wildman–Crippen LogP) is 8.21. The molecule has 0 amide bonds. The number of ether oxygens (including phenoxy) is 1. The summed E-state index contributed by atoms with van der Waals surface area (Å²) >= 11 is 0. The molecule has 0 saturated heterocycles. The molecule has 0 bridgehead atoms. The molecule has 1 aromatic heterocycles. The van der Waals surface area contributed by atoms with Gasteiger partial charge in [0.2, 0.25) is 0 Å². The van der Waals surface area contributed by atoms with Gasteiger partial charge in [0, 0.05) is 24.1 Å². The molecule has 0 aromatic carbocycles. The van der Waals surface area contributed by atoms with Crippen molar-refractivity contribution in [3.8, 4) is 0 Å². The normalized spacial score (nSPS) is 11.1. The van der Waals surface area contributed by atoms with Crippen LogP contribution in [0.4, 0.5) is 0 Å². The van der Waals surface area contributed by atoms with E-state index < -0.39 is 5.97 Å². The lowest BCUT2D eigenvalue weighted by molar-refractivity contribution is -0.140. The van der Waals surface area contributed by atoms with Gasteiger partial charge in [-0.1, -0.05) is 96.8 Å². The van der Waals surface area contributed by atoms with Crippen LogP contribution in [0.1, 0.15) is 155 Å². The summed E-state index contributed by atoms with van der Waals surface area (Å²) in [5.74, 6) is -0.455. The van der Waals surface area contributed by atoms with Gasteiger partial charge in [0.15, 0.2) is 11.6 Å². The number of hydrogen-bond donors (Lipinski definition) is 1. The number of nitrogens with one attached hydrogen (secondary N) is 1. The van der Waals surface area contributed by atoms with Crippen LogP contribution in [-0.4, -0.2) is 29.6 Å². The van der Waals surface area contributed by atoms with Crippen LogP contribution in [0.25, 0.3) is 0 Å². The van der Waals surface area contributed by atoms with Gasteiger partial charge >= 0.3 is 5.97 Å². The number of hydrogen-bond acceptors (Lipinski definition) is 4. The number of carbonyl (C=O) groups is 3. The van der Waals surface area contributed by atoms with Gasteiger partial charge in [0.1, 0.15) is 0 Å². The average Bonchev–Trinajstić information content (AvgIpc) is 3.13. The highest BCUT2D eigenvalue weighted by Gasteiger charge is 2.22. The van der Waals surface area contributed by atoms with Crippen LogP contribution in [0, 0.1) is 13.8 Å². The lowest BCUT2D eigenvalue weighted by atomic mass is 9.98. The molecule has 0 unspecified atom stereocenters. The van der Waals surface area contributed by atoms with Gasteiger partial charge < -0.3 is 9.72 Å². The molecule has 1 N–H and O–H groups in total. The molecule has 34 heavy (non-hydrogen) atoms. The van der Waals surface area contributed by atoms with E-state index in [4.69, 9.17) is 0 Å². The zero-order chi connectivity index (χ0) is 25.2. The lowest BCUT2D eigenvalue weighted by Crippen LogP contribution is -2.08. The number of aromatic amines is 1. The summed E-state index contributed by atoms with van der Waals surface area (Å²) in [6.07, 6.45) is 20.2. The van der Waals surface area contributed by atoms with Crippen molar-refractivity contribution >= 4 is 17.5 Å². The third-order valence-corrected chi connectivity index (χ3v) is 6.79. The van der Waals surface area contributed by atoms with Gasteiger partial charge in [-0.05, 0) is 25.8 Å². The smallest absolute Gasteiger partial charge is 0.305 e. The molecular weight excluding hydrogens is 426 g/mol. The van der Waals surface area contributed by atoms with Crippen LogP contribution in [0.15, 0.2) is 0 Å². The maximum absolute atomic E-state index is 12.8. The molecule has 0 atom stereocenters. The van der Waals surface area contributed by atoms with Crippen molar-refractivity contribution in [2.45, 2.75) is 136 Å². The number of rotatable bonds is 21. The minimum atomic E-state index is -0.404. The third kappa shape index (κ3) is 12.0. The molecule has 0 radical (unpaired) electrons. The number of aromatic nitrogens is 1. The summed E-state index contributed by atoms with van der Waals surface area (Å²) in [5.41, 5.74) is 2.54. The van der Waals surface area contributed by atoms with Crippen LogP contribution < -0.4 is 0 Å². The van der Waals surface area contributed by atoms with Crippen molar-refractivity contribution in [1.29, 1.82) is 0 Å². The first kappa shape index (κ1) is 30.1. The van der Waals surface area contributed by atoms with Crippen molar-refractivity contribution in [1.82, 2.24) is 4.98 Å². The number of ketones is 2. The minimum absolute atomic E-state index is 0.0508. The number of esters is 1. The van der Waals surface area contributed by atoms with Crippen LogP contribution in [0.2, 0.25) is 0 Å². The predicted molar refractivity (Wildman–Crippen MR) is 140 cm³/mol. The Morgan fingerprint density at radius 1 is 0.647 bits per heavy atom. The van der Waals surface area contributed by atoms with Gasteiger partial charge in [0.25, 0.3) is 0 Å². The van der Waals surface area contributed by atoms with Crippen LogP contribution in [-0.2, 0) is 9.53 Å². The molecule has 0 aliphatic carbocycles. The maximum Gasteiger partial charge on any atom is 0.305 e. The maximum atomic E-state index is 12.8. The number of aryl methyl sites for hydroxylation is 1. The second-order valence-corrected chi connectivity index (χ2v) is 9.75. The topological polar surface area (TPSA) is 76.2 Å². The van der Waals surface area contributed by atoms with Gasteiger partial charge in [-0.15, -0.1) is 0 Å². The zero-order valence-electron chi connectivity index (χ0n) is 22.4. The Morgan fingerprint density at radius 3 is 1.59 bits per heavy atom. The molecule has 0 aliphatic rings. The molecule has 5 heteroatoms. The first-order chi connectivity index (χ1) is 16.4. The fourth-order valence-electron chi connectivity index (χ4n) is 4.67. The lowest BCUT2D eigenvalue weighted by Gasteiger charge is -2.04. The Bertz CT molecular complexity index is 735. The van der Waals surface area contributed by atoms with E-state index in [9.17, 15) is 14.4 Å². The molecule has 0 saturated carbocycles. The number of Topliss-reactive ketones (excluding diaryl/α,β-unsaturated/α-hetero) is 2. The zero-order valence-corrected chi connectivity index (χ0v) is 22.4. The first-order valence-electron chi connectivity index (χ1n) is 13.7. The Balaban J connectivity index is 2.16. The Kier molecular flexibility index (Phi) is 16.3. The average molecular weight is 476 g/mol. The van der Waals surface area contributed by atoms with Gasteiger partial charge in [-0.25, -0.2) is 0 Å². The summed E-state index contributed by atoms with van der Waals surface area (Å²) in [7, 11) is 1.31. The Morgan fingerprint density at radius 2 is 1.12 bits per heavy atom. The minimum Gasteiger partial charge on any atom is -0.469 e. The van der Waals surface area contributed by atoms with Crippen LogP contribution in [0.3, 0.4) is 0 Å². The monoisotopic (exact) mass is 475 g/mol. The first-order valence-corrected chi connectivity index (χ1v) is 13.7. The summed E-state index contributed by atoms with van der Waals surface area (Å²) in [4.78, 5) is 39.6. The SMILES string of the molecule is CCCCCCCCCCCCCCCCCC(=O)c1c(C)[nH]c(C(=O)CCC(=O)OC)c1C. The fourth-order valence-corrected chi connectivity index (χ4v) is 4.67. The number of methoxy groups -OCH3 is 1. The van der Waals surface area contributed by atoms with E-state index in [0.29, 0.717) is 23.2 Å². The highest BCUT2D eigenvalue weighted by molar-refractivity contribution is 6.04. The van der Waals surface area contributed by atoms with Gasteiger partial charge in [-0.3, -0.25) is 14.4 Å². The van der Waals surface area contributed by atoms with E-state index in [-0.39, 0.29) is 24.4 Å². The molecule has 0 spiro atoms. The largest absolute Gasteiger partial charge is 0.469 e. The molecule has 0 aliphatic heterocycles. The Labute approximate surface area is 207 Å². The number of unbranched alkanes of at least 4 members (excludes halogenated alkanes) is 14. The summed E-state index contributed by atoms with van der Waals surface area (Å²) in [5, 5.41) is 0. The molecule has 1 aromatic rings. The molecule has 1 rings (SSSR count). The molecule has 1 heterocycles. The molecule has 5 nitrogen and oxygen atoms in total. The van der Waals surface area contributed by atoms with E-state index in [0.717, 1.165) is 18.5 Å². The highest BCUT2D eigenvalue weighted by atomic mass is 16.5. The second kappa shape index (κ2) is 18.4. The van der Waals surface area contributed by atoms with E-state index in [1.165, 1.54) is 90.6 Å². The summed E-state index contributed by atoms with van der Waals surface area (Å²) < 4.78 is 4.60. The van der Waals surface area contributed by atoms with Crippen molar-refractivity contribution in [2.75, 3.05) is 7.11 Å². The summed E-state index contributed by atoms with van der Waals surface area (Å²) in [6.45, 7) is 5.92. The molecular formula is C29H49NO4. The standard InChI is InChI=1S/C29H49NO4/c1-5-6-7-8-9-10-11-12-13-14-15-16-17-18-19-20-25(31)28-23(2)29(30-24(28)3)26(32)21-22-27(33)34-4/h30H,5-22H2,1-4H3. The van der Waals surface area contributed by atoms with Crippen LogP contribution in [0.5, 0.6) is 0 Å². The van der Waals surface area contributed by atoms with Crippen molar-refractivity contribution in [2.24, 2.45) is 0 Å². The van der Waals surface area contributed by atoms with Crippen molar-refractivity contribution < 1.29 is 19.1 Å². The number of H-pyrrole nitrogens is 1. The second-order valence-electron chi connectivity index (χ2n) is 9.75. The molecule has 0 fully saturated rings. The van der Waals surface area contributed by atoms with E-state index in [1.54, 1.807) is 0 Å². The highest BCUT2D eigenvalue weighted by Crippen LogP contribution is 2.22. The molecule has 194 valence electrons. The number of carbonyl (C=O) groups excluding carboxylic acids is 3. The fraction of sp³-hybridized carbons (Fsp3) is 0.759. The summed E-state index contributed by atoms with van der Waals surface area (Å²) in [6, 6.07) is 0. The third-order valence-electron chi connectivity index (χ3n) is 6.79. The van der Waals surface area contributed by atoms with Gasteiger partial charge in [-0.2, -0.15) is 0 Å². The van der Waals surface area contributed by atoms with Crippen LogP contribution >= 0.6 is 0 Å². The van der Waals surface area contributed by atoms with Crippen molar-refractivity contribution in [3.63, 3.8) is 0 Å². The Hall–Kier alpha value is -1.91. The van der Waals surface area contributed by atoms with Gasteiger partial charge in [0.05, 0.1) is 19.2 Å². The van der Waals surface area contributed by atoms with E-state index in [1.807, 2.05) is 13.8 Å². The quantitative estimate of drug-likeness (QED) is 0.110. The van der Waals surface area contributed by atoms with Crippen molar-refractivity contribution in [3.05, 3.63) is 22.5 Å². The van der Waals surface area contributed by atoms with E-state index >= 15 is 0 Å².